The number of hydrogen-bond donors (Lipinski definition) is 1. The minimum absolute atomic E-state index is 0.0364. The highest BCUT2D eigenvalue weighted by molar-refractivity contribution is 7.91. The van der Waals surface area contributed by atoms with Crippen LogP contribution in [0.15, 0.2) is 60.0 Å². The first-order chi connectivity index (χ1) is 27.9. The summed E-state index contributed by atoms with van der Waals surface area (Å²) in [6.45, 7) is 25.9. The molecular formula is C50H75N3O5S. The fourth-order valence-corrected chi connectivity index (χ4v) is 16.8. The van der Waals surface area contributed by atoms with Crippen LogP contribution in [0.2, 0.25) is 0 Å². The summed E-state index contributed by atoms with van der Waals surface area (Å²) in [6.07, 6.45) is 21.9. The Morgan fingerprint density at radius 2 is 1.73 bits per heavy atom. The molecule has 9 heteroatoms. The smallest absolute Gasteiger partial charge is 0.315 e. The monoisotopic (exact) mass is 830 g/mol. The Hall–Kier alpha value is -2.49. The number of nitrogens with one attached hydrogen (secondary N) is 1. The summed E-state index contributed by atoms with van der Waals surface area (Å²) in [4.78, 5) is 20.1. The molecule has 7 aliphatic rings. The van der Waals surface area contributed by atoms with E-state index in [1.807, 2.05) is 19.1 Å². The lowest BCUT2D eigenvalue weighted by Crippen LogP contribution is -2.68. The van der Waals surface area contributed by atoms with Crippen molar-refractivity contribution in [2.45, 2.75) is 131 Å². The molecule has 1 aliphatic heterocycles. The van der Waals surface area contributed by atoms with Crippen molar-refractivity contribution in [3.63, 3.8) is 0 Å². The van der Waals surface area contributed by atoms with Gasteiger partial charge in [0.1, 0.15) is 17.8 Å². The molecule has 1 aromatic rings. The van der Waals surface area contributed by atoms with Crippen molar-refractivity contribution >= 4 is 15.8 Å². The van der Waals surface area contributed by atoms with Gasteiger partial charge in [-0.05, 0) is 165 Å². The molecule has 0 amide bonds. The topological polar surface area (TPSA) is 97.8 Å². The number of carbonyl (C=O) groups is 1. The lowest BCUT2D eigenvalue weighted by molar-refractivity contribution is -0.221. The Morgan fingerprint density at radius 1 is 0.949 bits per heavy atom. The predicted octanol–water partition coefficient (Wildman–Crippen LogP) is 9.39. The van der Waals surface area contributed by atoms with E-state index in [1.54, 1.807) is 12.4 Å². The van der Waals surface area contributed by atoms with Gasteiger partial charge in [0.2, 0.25) is 0 Å². The third-order valence-electron chi connectivity index (χ3n) is 18.8. The van der Waals surface area contributed by atoms with Crippen molar-refractivity contribution in [1.82, 2.24) is 15.2 Å². The largest absolute Gasteiger partial charge is 0.491 e. The summed E-state index contributed by atoms with van der Waals surface area (Å²) < 4.78 is 36.1. The molecule has 0 radical (unpaired) electrons. The summed E-state index contributed by atoms with van der Waals surface area (Å²) in [5, 5.41) is 4.24. The molecule has 1 aromatic heterocycles. The second-order valence-electron chi connectivity index (χ2n) is 21.7. The maximum Gasteiger partial charge on any atom is 0.315 e. The Labute approximate surface area is 356 Å². The molecule has 1 saturated heterocycles. The third-order valence-corrected chi connectivity index (χ3v) is 20.4. The van der Waals surface area contributed by atoms with Crippen LogP contribution in [0, 0.1) is 56.7 Å². The van der Waals surface area contributed by atoms with E-state index < -0.39 is 15.3 Å². The number of rotatable bonds is 11. The molecule has 2 heterocycles. The van der Waals surface area contributed by atoms with Crippen LogP contribution >= 0.6 is 0 Å². The average Bonchev–Trinajstić information content (AvgIpc) is 3.59. The molecule has 59 heavy (non-hydrogen) atoms. The summed E-state index contributed by atoms with van der Waals surface area (Å²) in [5.74, 6) is 4.24. The highest BCUT2D eigenvalue weighted by Gasteiger charge is 2.70. The fraction of sp³-hybridized carbons (Fsp3) is 0.760. The number of sulfone groups is 1. The van der Waals surface area contributed by atoms with Crippen molar-refractivity contribution in [2.24, 2.45) is 56.7 Å². The van der Waals surface area contributed by atoms with Gasteiger partial charge in [0.15, 0.2) is 9.84 Å². The summed E-state index contributed by atoms with van der Waals surface area (Å²) >= 11 is 0. The lowest BCUT2D eigenvalue weighted by atomic mass is 9.33. The number of carbonyl (C=O) groups excluding carboxylic acids is 1. The van der Waals surface area contributed by atoms with Gasteiger partial charge in [0, 0.05) is 37.9 Å². The van der Waals surface area contributed by atoms with Crippen molar-refractivity contribution in [1.29, 1.82) is 0 Å². The summed E-state index contributed by atoms with van der Waals surface area (Å²) in [7, 11) is -2.87. The van der Waals surface area contributed by atoms with E-state index in [1.165, 1.54) is 68.1 Å². The van der Waals surface area contributed by atoms with Gasteiger partial charge in [-0.1, -0.05) is 58.9 Å². The number of esters is 1. The Bertz CT molecular complexity index is 1930. The van der Waals surface area contributed by atoms with Gasteiger partial charge in [-0.15, -0.1) is 0 Å². The van der Waals surface area contributed by atoms with Crippen molar-refractivity contribution in [2.75, 3.05) is 50.9 Å². The molecule has 0 aromatic carbocycles. The minimum atomic E-state index is -2.87. The normalized spacial score (nSPS) is 41.2. The Balaban J connectivity index is 1.01. The SMILES string of the molecule is C=C(C)[C@@H]1CC[C@]2(NCCN3CCS(=O)(=O)CC3)CC[C@]3(C)[C@H](CC[C@@H]4[C@@]5(C)CC=C(C6=CCC(COc7cccnc7)(C(=O)OCC)CC6)C(C)(C)[C@@H]5CC[C@]43C)[C@@H]12. The van der Waals surface area contributed by atoms with E-state index in [0.717, 1.165) is 32.4 Å². The molecule has 0 spiro atoms. The second-order valence-corrected chi connectivity index (χ2v) is 24.0. The number of fused-ring (bicyclic) bond motifs is 7. The fourth-order valence-electron chi connectivity index (χ4n) is 15.5. The van der Waals surface area contributed by atoms with Crippen LogP contribution in [-0.2, 0) is 19.4 Å². The van der Waals surface area contributed by atoms with Gasteiger partial charge >= 0.3 is 5.97 Å². The first kappa shape index (κ1) is 43.2. The van der Waals surface area contributed by atoms with Gasteiger partial charge in [0.05, 0.1) is 24.3 Å². The van der Waals surface area contributed by atoms with Gasteiger partial charge < -0.3 is 19.7 Å². The van der Waals surface area contributed by atoms with Gasteiger partial charge in [0.25, 0.3) is 0 Å². The van der Waals surface area contributed by atoms with Crippen LogP contribution in [0.5, 0.6) is 5.75 Å². The zero-order valence-corrected chi connectivity index (χ0v) is 38.4. The van der Waals surface area contributed by atoms with Gasteiger partial charge in [-0.25, -0.2) is 8.42 Å². The van der Waals surface area contributed by atoms with E-state index in [-0.39, 0.29) is 33.2 Å². The summed E-state index contributed by atoms with van der Waals surface area (Å²) in [5.41, 5.74) is 4.58. The van der Waals surface area contributed by atoms with Crippen molar-refractivity contribution < 1.29 is 22.7 Å². The third kappa shape index (κ3) is 7.21. The van der Waals surface area contributed by atoms with Crippen LogP contribution in [-0.4, -0.2) is 80.7 Å². The first-order valence-electron chi connectivity index (χ1n) is 23.4. The maximum absolute atomic E-state index is 13.5. The zero-order chi connectivity index (χ0) is 42.1. The molecule has 8 rings (SSSR count). The molecule has 1 unspecified atom stereocenters. The molecule has 6 aliphatic carbocycles. The second kappa shape index (κ2) is 15.7. The van der Waals surface area contributed by atoms with Crippen LogP contribution in [0.1, 0.15) is 126 Å². The van der Waals surface area contributed by atoms with Gasteiger partial charge in [-0.3, -0.25) is 9.78 Å². The van der Waals surface area contributed by atoms with E-state index in [0.29, 0.717) is 79.6 Å². The van der Waals surface area contributed by atoms with Crippen LogP contribution < -0.4 is 10.1 Å². The van der Waals surface area contributed by atoms with E-state index in [2.05, 4.69) is 75.5 Å². The molecule has 1 N–H and O–H groups in total. The Morgan fingerprint density at radius 3 is 2.41 bits per heavy atom. The first-order valence-corrected chi connectivity index (χ1v) is 25.2. The quantitative estimate of drug-likeness (QED) is 0.174. The molecule has 5 fully saturated rings. The van der Waals surface area contributed by atoms with Crippen molar-refractivity contribution in [3.05, 3.63) is 60.0 Å². The number of nitrogens with zero attached hydrogens (tertiary/aromatic N) is 2. The highest BCUT2D eigenvalue weighted by atomic mass is 32.2. The zero-order valence-electron chi connectivity index (χ0n) is 37.5. The highest BCUT2D eigenvalue weighted by Crippen LogP contribution is 2.76. The summed E-state index contributed by atoms with van der Waals surface area (Å²) in [6, 6.07) is 3.76. The van der Waals surface area contributed by atoms with Crippen LogP contribution in [0.3, 0.4) is 0 Å². The predicted molar refractivity (Wildman–Crippen MR) is 237 cm³/mol. The molecule has 4 saturated carbocycles. The van der Waals surface area contributed by atoms with Crippen LogP contribution in [0.25, 0.3) is 0 Å². The number of ether oxygens (including phenoxy) is 2. The molecular weight excluding hydrogens is 755 g/mol. The Kier molecular flexibility index (Phi) is 11.5. The number of pyridine rings is 1. The maximum atomic E-state index is 13.5. The van der Waals surface area contributed by atoms with Gasteiger partial charge in [-0.2, -0.15) is 0 Å². The number of hydrogen-bond acceptors (Lipinski definition) is 8. The average molecular weight is 830 g/mol. The van der Waals surface area contributed by atoms with E-state index >= 15 is 0 Å². The lowest BCUT2D eigenvalue weighted by Gasteiger charge is -2.72. The van der Waals surface area contributed by atoms with E-state index in [9.17, 15) is 13.2 Å². The number of allylic oxidation sites excluding steroid dienone is 5. The standard InChI is InChI=1S/C50H75N3O5S/c1-9-57-44(54)49(34-58-37-11-10-26-51-33-37)21-14-36(15-22-49)39-17-19-46(6)41(45(39,4)5)18-20-48(8)42(46)13-12-40-43-38(35(2)3)16-23-50(43,25-24-47(40,48)7)52-27-28-53-29-31-59(55,56)32-30-53/h10-11,14,17,26,33,38,40-43,52H,2,9,12-13,15-16,18-25,27-32,34H2,1,3-8H3/t38-,40+,41-,42+,43+,46-,47+,48+,49?,50-/m0/s1. The molecule has 326 valence electrons. The van der Waals surface area contributed by atoms with Crippen LogP contribution in [0.4, 0.5) is 0 Å². The minimum Gasteiger partial charge on any atom is -0.491 e. The number of aromatic nitrogens is 1. The molecule has 8 nitrogen and oxygen atoms in total. The molecule has 10 atom stereocenters. The van der Waals surface area contributed by atoms with Crippen molar-refractivity contribution in [3.8, 4) is 5.75 Å². The van der Waals surface area contributed by atoms with E-state index in [4.69, 9.17) is 9.47 Å². The molecule has 0 bridgehead atoms.